The first kappa shape index (κ1) is 21.4. The summed E-state index contributed by atoms with van der Waals surface area (Å²) in [7, 11) is 0. The Balaban J connectivity index is 1.56. The van der Waals surface area contributed by atoms with Crippen LogP contribution in [0.1, 0.15) is 15.9 Å². The summed E-state index contributed by atoms with van der Waals surface area (Å²) in [5.41, 5.74) is 7.51. The minimum Gasteiger partial charge on any atom is -0.273 e. The first-order valence-corrected chi connectivity index (χ1v) is 9.89. The van der Waals surface area contributed by atoms with Gasteiger partial charge in [-0.3, -0.25) is 35.5 Å². The molecule has 164 valence electrons. The van der Waals surface area contributed by atoms with E-state index in [9.17, 15) is 19.7 Å². The van der Waals surface area contributed by atoms with Gasteiger partial charge in [-0.15, -0.1) is 0 Å². The Morgan fingerprint density at radius 3 is 2.39 bits per heavy atom. The SMILES string of the molecule is O=C(Cc1cn(-c2ccccc2)nc1-c1ccc([N+](=O)[O-])cc1)NNC(=O)c1cccnc1. The quantitative estimate of drug-likeness (QED) is 0.349. The second-order valence-electron chi connectivity index (χ2n) is 7.01. The van der Waals surface area contributed by atoms with Crippen LogP contribution in [0.5, 0.6) is 0 Å². The molecule has 0 saturated carbocycles. The highest BCUT2D eigenvalue weighted by molar-refractivity contribution is 5.95. The summed E-state index contributed by atoms with van der Waals surface area (Å²) < 4.78 is 1.63. The lowest BCUT2D eigenvalue weighted by molar-refractivity contribution is -0.384. The summed E-state index contributed by atoms with van der Waals surface area (Å²) in [6.45, 7) is 0. The van der Waals surface area contributed by atoms with Crippen molar-refractivity contribution in [3.8, 4) is 16.9 Å². The number of para-hydroxylation sites is 1. The fraction of sp³-hybridized carbons (Fsp3) is 0.0435. The van der Waals surface area contributed by atoms with E-state index >= 15 is 0 Å². The molecule has 0 radical (unpaired) electrons. The van der Waals surface area contributed by atoms with E-state index in [-0.39, 0.29) is 12.1 Å². The molecule has 10 nitrogen and oxygen atoms in total. The molecule has 0 saturated heterocycles. The van der Waals surface area contributed by atoms with Crippen LogP contribution in [0.4, 0.5) is 5.69 Å². The standard InChI is InChI=1S/C23H18N6O4/c30-21(25-26-23(31)17-5-4-12-24-14-17)13-18-15-28(19-6-2-1-3-7-19)27-22(18)16-8-10-20(11-9-16)29(32)33/h1-12,14-15H,13H2,(H,25,30)(H,26,31). The molecule has 2 heterocycles. The Kier molecular flexibility index (Phi) is 6.17. The predicted octanol–water partition coefficient (Wildman–Crippen LogP) is 2.85. The minimum absolute atomic E-state index is 0.0429. The zero-order valence-corrected chi connectivity index (χ0v) is 17.2. The molecule has 2 aromatic carbocycles. The molecule has 0 atom stereocenters. The number of hydrogen-bond acceptors (Lipinski definition) is 6. The summed E-state index contributed by atoms with van der Waals surface area (Å²) in [4.78, 5) is 39.0. The number of rotatable bonds is 6. The van der Waals surface area contributed by atoms with E-state index in [0.717, 1.165) is 5.69 Å². The van der Waals surface area contributed by atoms with Crippen molar-refractivity contribution in [1.82, 2.24) is 25.6 Å². The van der Waals surface area contributed by atoms with Crippen molar-refractivity contribution in [2.45, 2.75) is 6.42 Å². The third kappa shape index (κ3) is 5.07. The van der Waals surface area contributed by atoms with Crippen LogP contribution in [-0.2, 0) is 11.2 Å². The van der Waals surface area contributed by atoms with Crippen LogP contribution in [0.25, 0.3) is 16.9 Å². The number of carbonyl (C=O) groups excluding carboxylic acids is 2. The number of nitrogens with one attached hydrogen (secondary N) is 2. The normalized spacial score (nSPS) is 10.4. The number of aromatic nitrogens is 3. The minimum atomic E-state index is -0.493. The van der Waals surface area contributed by atoms with Gasteiger partial charge in [0.25, 0.3) is 11.6 Å². The summed E-state index contributed by atoms with van der Waals surface area (Å²) in [5, 5.41) is 15.6. The van der Waals surface area contributed by atoms with Crippen LogP contribution in [-0.4, -0.2) is 31.5 Å². The van der Waals surface area contributed by atoms with Crippen molar-refractivity contribution in [2.24, 2.45) is 0 Å². The molecular weight excluding hydrogens is 424 g/mol. The fourth-order valence-electron chi connectivity index (χ4n) is 3.15. The highest BCUT2D eigenvalue weighted by Crippen LogP contribution is 2.26. The fourth-order valence-corrected chi connectivity index (χ4v) is 3.15. The zero-order chi connectivity index (χ0) is 23.2. The molecular formula is C23H18N6O4. The molecule has 0 aliphatic rings. The average Bonchev–Trinajstić information content (AvgIpc) is 3.27. The van der Waals surface area contributed by atoms with Gasteiger partial charge >= 0.3 is 0 Å². The molecule has 2 N–H and O–H groups in total. The number of nitro benzene ring substituents is 1. The van der Waals surface area contributed by atoms with Crippen molar-refractivity contribution in [2.75, 3.05) is 0 Å². The smallest absolute Gasteiger partial charge is 0.271 e. The van der Waals surface area contributed by atoms with E-state index in [0.29, 0.717) is 22.4 Å². The van der Waals surface area contributed by atoms with Crippen LogP contribution in [0, 0.1) is 10.1 Å². The van der Waals surface area contributed by atoms with Gasteiger partial charge in [-0.2, -0.15) is 5.10 Å². The van der Waals surface area contributed by atoms with Crippen LogP contribution < -0.4 is 10.9 Å². The highest BCUT2D eigenvalue weighted by Gasteiger charge is 2.17. The number of nitro groups is 1. The van der Waals surface area contributed by atoms with Crippen molar-refractivity contribution in [3.05, 3.63) is 107 Å². The summed E-state index contributed by atoms with van der Waals surface area (Å²) in [5.74, 6) is -0.949. The van der Waals surface area contributed by atoms with E-state index in [1.807, 2.05) is 30.3 Å². The maximum absolute atomic E-state index is 12.6. The molecule has 4 aromatic rings. The lowest BCUT2D eigenvalue weighted by atomic mass is 10.1. The van der Waals surface area contributed by atoms with Gasteiger partial charge in [0.05, 0.1) is 28.3 Å². The van der Waals surface area contributed by atoms with Crippen molar-refractivity contribution < 1.29 is 14.5 Å². The van der Waals surface area contributed by atoms with Gasteiger partial charge < -0.3 is 0 Å². The van der Waals surface area contributed by atoms with E-state index in [2.05, 4.69) is 20.9 Å². The number of carbonyl (C=O) groups is 2. The first-order valence-electron chi connectivity index (χ1n) is 9.89. The van der Waals surface area contributed by atoms with E-state index < -0.39 is 16.7 Å². The molecule has 0 unspecified atom stereocenters. The van der Waals surface area contributed by atoms with Gasteiger partial charge in [0.15, 0.2) is 0 Å². The van der Waals surface area contributed by atoms with Crippen molar-refractivity contribution in [3.63, 3.8) is 0 Å². The highest BCUT2D eigenvalue weighted by atomic mass is 16.6. The number of amides is 2. The number of pyridine rings is 1. The lowest BCUT2D eigenvalue weighted by Gasteiger charge is -2.07. The second-order valence-corrected chi connectivity index (χ2v) is 7.01. The van der Waals surface area contributed by atoms with Crippen LogP contribution in [0.3, 0.4) is 0 Å². The lowest BCUT2D eigenvalue weighted by Crippen LogP contribution is -2.42. The third-order valence-electron chi connectivity index (χ3n) is 4.75. The van der Waals surface area contributed by atoms with Crippen LogP contribution in [0.2, 0.25) is 0 Å². The number of hydrogen-bond donors (Lipinski definition) is 2. The maximum Gasteiger partial charge on any atom is 0.271 e. The van der Waals surface area contributed by atoms with E-state index in [4.69, 9.17) is 0 Å². The maximum atomic E-state index is 12.6. The zero-order valence-electron chi connectivity index (χ0n) is 17.2. The molecule has 0 bridgehead atoms. The Labute approximate surface area is 188 Å². The Morgan fingerprint density at radius 2 is 1.73 bits per heavy atom. The van der Waals surface area contributed by atoms with E-state index in [1.165, 1.54) is 18.3 Å². The van der Waals surface area contributed by atoms with E-state index in [1.54, 1.807) is 41.3 Å². The third-order valence-corrected chi connectivity index (χ3v) is 4.75. The van der Waals surface area contributed by atoms with Crippen LogP contribution >= 0.6 is 0 Å². The molecule has 33 heavy (non-hydrogen) atoms. The Bertz CT molecular complexity index is 1290. The molecule has 10 heteroatoms. The molecule has 4 rings (SSSR count). The first-order chi connectivity index (χ1) is 16.0. The Morgan fingerprint density at radius 1 is 0.970 bits per heavy atom. The largest absolute Gasteiger partial charge is 0.273 e. The molecule has 0 fully saturated rings. The van der Waals surface area contributed by atoms with Crippen molar-refractivity contribution >= 4 is 17.5 Å². The van der Waals surface area contributed by atoms with Gasteiger partial charge in [-0.05, 0) is 36.4 Å². The predicted molar refractivity (Wildman–Crippen MR) is 119 cm³/mol. The van der Waals surface area contributed by atoms with Gasteiger partial charge in [-0.1, -0.05) is 18.2 Å². The van der Waals surface area contributed by atoms with Crippen molar-refractivity contribution in [1.29, 1.82) is 0 Å². The molecule has 0 spiro atoms. The number of nitrogens with zero attached hydrogens (tertiary/aromatic N) is 4. The van der Waals surface area contributed by atoms with Gasteiger partial charge in [0.2, 0.25) is 5.91 Å². The Hall–Kier alpha value is -4.86. The second kappa shape index (κ2) is 9.52. The monoisotopic (exact) mass is 442 g/mol. The number of benzene rings is 2. The average molecular weight is 442 g/mol. The number of hydrazine groups is 1. The molecule has 0 aliphatic heterocycles. The van der Waals surface area contributed by atoms with Gasteiger partial charge in [-0.25, -0.2) is 4.68 Å². The summed E-state index contributed by atoms with van der Waals surface area (Å²) in [6, 6.07) is 18.5. The summed E-state index contributed by atoms with van der Waals surface area (Å²) >= 11 is 0. The molecule has 0 aliphatic carbocycles. The summed E-state index contributed by atoms with van der Waals surface area (Å²) in [6.07, 6.45) is 4.57. The van der Waals surface area contributed by atoms with Gasteiger partial charge in [0.1, 0.15) is 0 Å². The van der Waals surface area contributed by atoms with Gasteiger partial charge in [0, 0.05) is 41.9 Å². The topological polar surface area (TPSA) is 132 Å². The molecule has 2 aromatic heterocycles. The van der Waals surface area contributed by atoms with Crippen LogP contribution in [0.15, 0.2) is 85.3 Å². The number of non-ortho nitro benzene ring substituents is 1. The molecule has 2 amide bonds.